The molecule has 0 spiro atoms. The van der Waals surface area contributed by atoms with Gasteiger partial charge in [0.05, 0.1) is 0 Å². The maximum atomic E-state index is 2.50. The molecule has 0 radical (unpaired) electrons. The molecular formula is C61H42N2SSi. The zero-order valence-electron chi connectivity index (χ0n) is 35.6. The highest BCUT2D eigenvalue weighted by Gasteiger charge is 2.48. The Bertz CT molecular complexity index is 3510. The van der Waals surface area contributed by atoms with Gasteiger partial charge in [0.1, 0.15) is 0 Å². The van der Waals surface area contributed by atoms with Gasteiger partial charge in [0.2, 0.25) is 0 Å². The van der Waals surface area contributed by atoms with Crippen LogP contribution in [0.2, 0.25) is 0 Å². The molecule has 65 heavy (non-hydrogen) atoms. The van der Waals surface area contributed by atoms with E-state index in [1.54, 1.807) is 0 Å². The molecule has 2 nitrogen and oxygen atoms in total. The summed E-state index contributed by atoms with van der Waals surface area (Å²) in [5.41, 5.74) is 14.9. The van der Waals surface area contributed by atoms with Crippen molar-refractivity contribution in [1.82, 2.24) is 0 Å². The first-order valence-electron chi connectivity index (χ1n) is 22.5. The largest absolute Gasteiger partial charge is 0.311 e. The third kappa shape index (κ3) is 5.99. The predicted molar refractivity (Wildman–Crippen MR) is 280 cm³/mol. The fourth-order valence-corrected chi connectivity index (χ4v) is 17.1. The molecule has 0 saturated heterocycles. The molecule has 1 aliphatic carbocycles. The van der Waals surface area contributed by atoms with Crippen molar-refractivity contribution in [2.24, 2.45) is 0 Å². The van der Waals surface area contributed by atoms with E-state index >= 15 is 0 Å². The molecule has 13 rings (SSSR count). The second kappa shape index (κ2) is 15.2. The van der Waals surface area contributed by atoms with Crippen LogP contribution in [-0.2, 0) is 6.42 Å². The molecule has 0 unspecified atom stereocenters. The van der Waals surface area contributed by atoms with Crippen LogP contribution >= 0.6 is 11.3 Å². The van der Waals surface area contributed by atoms with E-state index in [1.165, 1.54) is 91.4 Å². The summed E-state index contributed by atoms with van der Waals surface area (Å²) >= 11 is 1.87. The van der Waals surface area contributed by atoms with Crippen LogP contribution in [-0.4, -0.2) is 8.07 Å². The van der Waals surface area contributed by atoms with E-state index in [-0.39, 0.29) is 0 Å². The van der Waals surface area contributed by atoms with Gasteiger partial charge in [-0.3, -0.25) is 0 Å². The molecule has 10 aromatic carbocycles. The number of nitrogens with zero attached hydrogens (tertiary/aromatic N) is 2. The summed E-state index contributed by atoms with van der Waals surface area (Å²) in [5, 5.41) is 8.20. The van der Waals surface area contributed by atoms with Crippen molar-refractivity contribution in [2.75, 3.05) is 9.80 Å². The molecule has 0 bridgehead atoms. The Morgan fingerprint density at radius 2 is 0.969 bits per heavy atom. The zero-order chi connectivity index (χ0) is 42.9. The fraction of sp³-hybridized carbons (Fsp3) is 0.0164. The first-order chi connectivity index (χ1) is 32.2. The highest BCUT2D eigenvalue weighted by atomic mass is 32.1. The van der Waals surface area contributed by atoms with Gasteiger partial charge in [0.15, 0.2) is 8.07 Å². The average molecular weight is 863 g/mol. The van der Waals surface area contributed by atoms with E-state index in [0.717, 1.165) is 23.5 Å². The van der Waals surface area contributed by atoms with Gasteiger partial charge in [-0.05, 0) is 127 Å². The third-order valence-electron chi connectivity index (χ3n) is 13.7. The second-order valence-electron chi connectivity index (χ2n) is 17.2. The van der Waals surface area contributed by atoms with Crippen molar-refractivity contribution in [1.29, 1.82) is 0 Å². The Hall–Kier alpha value is -7.76. The van der Waals surface area contributed by atoms with E-state index < -0.39 is 8.07 Å². The smallest absolute Gasteiger partial charge is 0.184 e. The lowest BCUT2D eigenvalue weighted by atomic mass is 10.0. The first-order valence-corrected chi connectivity index (χ1v) is 25.3. The van der Waals surface area contributed by atoms with Crippen molar-refractivity contribution in [3.05, 3.63) is 254 Å². The standard InChI is InChI=1S/C61H42N2SSi/c1-3-19-50(20-4-1)65(51-21-5-2-6-22-51)60-28-13-10-25-56(60)63(57-26-11-14-29-61(57)65)47-18-15-17-43(39-47)42-30-32-46(33-31-42)62(48-34-36-53-45(40-48)38-44-16-7-8-23-52(44)53)49-35-37-55-54-24-9-12-27-58(54)64-59(55)41-49/h1-37,39-41H,38H2. The molecule has 0 saturated carbocycles. The molecule has 0 fully saturated rings. The fourth-order valence-electron chi connectivity index (χ4n) is 10.9. The first kappa shape index (κ1) is 37.8. The summed E-state index contributed by atoms with van der Waals surface area (Å²) in [4.78, 5) is 4.93. The highest BCUT2D eigenvalue weighted by molar-refractivity contribution is 7.25. The van der Waals surface area contributed by atoms with Crippen LogP contribution in [0.3, 0.4) is 0 Å². The molecule has 4 heteroatoms. The van der Waals surface area contributed by atoms with Gasteiger partial charge in [0, 0.05) is 54.3 Å². The van der Waals surface area contributed by atoms with Gasteiger partial charge < -0.3 is 9.80 Å². The summed E-state index contributed by atoms with van der Waals surface area (Å²) < 4.78 is 2.61. The number of hydrogen-bond acceptors (Lipinski definition) is 3. The molecule has 306 valence electrons. The lowest BCUT2D eigenvalue weighted by Gasteiger charge is -2.45. The monoisotopic (exact) mass is 862 g/mol. The Morgan fingerprint density at radius 1 is 0.385 bits per heavy atom. The van der Waals surface area contributed by atoms with Crippen molar-refractivity contribution < 1.29 is 0 Å². The van der Waals surface area contributed by atoms with E-state index in [1.807, 2.05) is 11.3 Å². The normalized spacial score (nSPS) is 13.3. The summed E-state index contributed by atoms with van der Waals surface area (Å²) in [6, 6.07) is 90.6. The lowest BCUT2D eigenvalue weighted by Crippen LogP contribution is -2.77. The van der Waals surface area contributed by atoms with E-state index in [9.17, 15) is 0 Å². The van der Waals surface area contributed by atoms with Gasteiger partial charge in [-0.2, -0.15) is 0 Å². The van der Waals surface area contributed by atoms with Crippen LogP contribution in [0.25, 0.3) is 42.4 Å². The molecule has 11 aromatic rings. The van der Waals surface area contributed by atoms with Crippen molar-refractivity contribution in [3.63, 3.8) is 0 Å². The van der Waals surface area contributed by atoms with Gasteiger partial charge in [-0.1, -0.05) is 176 Å². The number of rotatable bonds is 7. The molecule has 0 amide bonds. The van der Waals surface area contributed by atoms with Crippen LogP contribution in [0.1, 0.15) is 11.1 Å². The number of anilines is 6. The minimum absolute atomic E-state index is 0.950. The molecule has 0 N–H and O–H groups in total. The van der Waals surface area contributed by atoms with E-state index in [0.29, 0.717) is 0 Å². The number of thiophene rings is 1. The summed E-state index contributed by atoms with van der Waals surface area (Å²) in [7, 11) is -2.69. The van der Waals surface area contributed by atoms with Gasteiger partial charge in [-0.25, -0.2) is 0 Å². The molecule has 0 atom stereocenters. The molecule has 1 aromatic heterocycles. The maximum Gasteiger partial charge on any atom is 0.184 e. The van der Waals surface area contributed by atoms with Crippen LogP contribution in [0, 0.1) is 0 Å². The minimum Gasteiger partial charge on any atom is -0.311 e. The average Bonchev–Trinajstić information content (AvgIpc) is 3.94. The Morgan fingerprint density at radius 3 is 1.72 bits per heavy atom. The third-order valence-corrected chi connectivity index (χ3v) is 19.7. The van der Waals surface area contributed by atoms with Crippen LogP contribution in [0.15, 0.2) is 243 Å². The number of hydrogen-bond donors (Lipinski definition) is 0. The Balaban J connectivity index is 0.913. The van der Waals surface area contributed by atoms with Gasteiger partial charge in [0.25, 0.3) is 0 Å². The lowest BCUT2D eigenvalue weighted by molar-refractivity contribution is 1.23. The molecule has 2 aliphatic rings. The van der Waals surface area contributed by atoms with Crippen molar-refractivity contribution >= 4 is 94.5 Å². The van der Waals surface area contributed by atoms with Gasteiger partial charge >= 0.3 is 0 Å². The van der Waals surface area contributed by atoms with Crippen LogP contribution in [0.5, 0.6) is 0 Å². The van der Waals surface area contributed by atoms with E-state index in [4.69, 9.17) is 0 Å². The quantitative estimate of drug-likeness (QED) is 0.147. The number of para-hydroxylation sites is 2. The molecule has 2 heterocycles. The van der Waals surface area contributed by atoms with Crippen molar-refractivity contribution in [2.45, 2.75) is 6.42 Å². The maximum absolute atomic E-state index is 2.69. The van der Waals surface area contributed by atoms with Crippen molar-refractivity contribution in [3.8, 4) is 22.3 Å². The zero-order valence-corrected chi connectivity index (χ0v) is 37.4. The van der Waals surface area contributed by atoms with Gasteiger partial charge in [-0.15, -0.1) is 11.3 Å². The summed E-state index contributed by atoms with van der Waals surface area (Å²) in [5.74, 6) is 0. The highest BCUT2D eigenvalue weighted by Crippen LogP contribution is 2.45. The minimum atomic E-state index is -2.69. The number of fused-ring (bicyclic) bond motifs is 8. The van der Waals surface area contributed by atoms with Crippen LogP contribution < -0.4 is 30.5 Å². The summed E-state index contributed by atoms with van der Waals surface area (Å²) in [6.45, 7) is 0. The van der Waals surface area contributed by atoms with Crippen LogP contribution in [0.4, 0.5) is 34.1 Å². The topological polar surface area (TPSA) is 6.48 Å². The molecular weight excluding hydrogens is 821 g/mol. The Kier molecular flexibility index (Phi) is 8.83. The summed E-state index contributed by atoms with van der Waals surface area (Å²) in [6.07, 6.45) is 0.950. The van der Waals surface area contributed by atoms with E-state index in [2.05, 4.69) is 252 Å². The predicted octanol–water partition coefficient (Wildman–Crippen LogP) is 13.9. The SMILES string of the molecule is c1ccc([Si]2(c3ccccc3)c3ccccc3N(c3cccc(-c4ccc(N(c5ccc6c(c5)Cc5ccccc5-6)c5ccc6c(c5)sc5ccccc56)cc4)c3)c3ccccc32)cc1. The number of benzene rings is 10. The second-order valence-corrected chi connectivity index (χ2v) is 22.1. The Labute approximate surface area is 384 Å². The molecule has 1 aliphatic heterocycles.